The van der Waals surface area contributed by atoms with Crippen LogP contribution in [-0.2, 0) is 0 Å². The van der Waals surface area contributed by atoms with E-state index in [1.807, 2.05) is 18.6 Å². The lowest BCUT2D eigenvalue weighted by Crippen LogP contribution is -2.47. The third-order valence-electron chi connectivity index (χ3n) is 6.82. The Kier molecular flexibility index (Phi) is 4.09. The van der Waals surface area contributed by atoms with Crippen molar-refractivity contribution in [3.8, 4) is 22.4 Å². The second-order valence-corrected chi connectivity index (χ2v) is 8.56. The monoisotopic (exact) mass is 399 g/mol. The fraction of sp³-hybridized carbons (Fsp3) is 0.348. The molecule has 3 aromatic heterocycles. The number of rotatable bonds is 4. The van der Waals surface area contributed by atoms with Gasteiger partial charge in [-0.1, -0.05) is 6.07 Å². The minimum absolute atomic E-state index is 0.535. The Bertz CT molecular complexity index is 1150. The Labute approximate surface area is 174 Å². The van der Waals surface area contributed by atoms with Gasteiger partial charge in [-0.25, -0.2) is 0 Å². The molecule has 0 spiro atoms. The van der Waals surface area contributed by atoms with Gasteiger partial charge in [0.2, 0.25) is 0 Å². The molecular weight excluding hydrogens is 374 g/mol. The fourth-order valence-electron chi connectivity index (χ4n) is 5.21. The van der Waals surface area contributed by atoms with Gasteiger partial charge in [-0.15, -0.1) is 10.2 Å². The van der Waals surface area contributed by atoms with Gasteiger partial charge in [-0.3, -0.25) is 5.10 Å². The number of H-pyrrole nitrogens is 2. The van der Waals surface area contributed by atoms with Crippen LogP contribution in [0.4, 0.5) is 5.82 Å². The summed E-state index contributed by atoms with van der Waals surface area (Å²) in [6.07, 6.45) is 10.7. The molecule has 1 unspecified atom stereocenters. The van der Waals surface area contributed by atoms with Crippen LogP contribution in [0, 0.1) is 0 Å². The van der Waals surface area contributed by atoms with Crippen molar-refractivity contribution >= 4 is 16.7 Å². The Morgan fingerprint density at radius 3 is 2.53 bits per heavy atom. The van der Waals surface area contributed by atoms with E-state index in [-0.39, 0.29) is 0 Å². The van der Waals surface area contributed by atoms with Crippen molar-refractivity contribution in [2.75, 3.05) is 11.9 Å². The molecule has 5 heterocycles. The zero-order valence-electron chi connectivity index (χ0n) is 17.0. The highest BCUT2D eigenvalue weighted by atomic mass is 15.3. The number of benzene rings is 1. The van der Waals surface area contributed by atoms with Crippen LogP contribution >= 0.6 is 0 Å². The summed E-state index contributed by atoms with van der Waals surface area (Å²) in [4.78, 5) is 5.69. The average Bonchev–Trinajstić information content (AvgIpc) is 3.54. The SMILES string of the molecule is CN(c1ccc(-c2ccc(-c3cn[nH]c3)c3cc[nH]c23)nn1)C1C[C@H]2CC[C@@H](C1)N2. The highest BCUT2D eigenvalue weighted by Crippen LogP contribution is 2.35. The summed E-state index contributed by atoms with van der Waals surface area (Å²) in [6.45, 7) is 0. The molecule has 2 aliphatic rings. The van der Waals surface area contributed by atoms with E-state index >= 15 is 0 Å². The van der Waals surface area contributed by atoms with Gasteiger partial charge in [0.15, 0.2) is 5.82 Å². The lowest BCUT2D eigenvalue weighted by Gasteiger charge is -2.36. The lowest BCUT2D eigenvalue weighted by molar-refractivity contribution is 0.353. The molecule has 2 fully saturated rings. The summed E-state index contributed by atoms with van der Waals surface area (Å²) in [5.74, 6) is 0.947. The Balaban J connectivity index is 1.30. The molecule has 7 nitrogen and oxygen atoms in total. The van der Waals surface area contributed by atoms with Gasteiger partial charge in [0.05, 0.1) is 17.4 Å². The van der Waals surface area contributed by atoms with Gasteiger partial charge in [0.25, 0.3) is 0 Å². The average molecular weight is 400 g/mol. The van der Waals surface area contributed by atoms with Crippen molar-refractivity contribution in [3.63, 3.8) is 0 Å². The van der Waals surface area contributed by atoms with Crippen molar-refractivity contribution in [3.05, 3.63) is 48.9 Å². The van der Waals surface area contributed by atoms with Gasteiger partial charge in [0, 0.05) is 54.1 Å². The van der Waals surface area contributed by atoms with E-state index < -0.39 is 0 Å². The first kappa shape index (κ1) is 17.7. The maximum atomic E-state index is 4.59. The number of aromatic amines is 2. The first-order chi connectivity index (χ1) is 14.8. The van der Waals surface area contributed by atoms with Gasteiger partial charge in [-0.2, -0.15) is 5.10 Å². The van der Waals surface area contributed by atoms with Gasteiger partial charge in [-0.05, 0) is 55.5 Å². The van der Waals surface area contributed by atoms with Crippen LogP contribution in [-0.4, -0.2) is 50.6 Å². The molecule has 0 amide bonds. The number of hydrogen-bond acceptors (Lipinski definition) is 5. The molecule has 0 saturated carbocycles. The number of aromatic nitrogens is 5. The number of nitrogens with zero attached hydrogens (tertiary/aromatic N) is 4. The molecule has 1 aromatic carbocycles. The molecule has 0 aliphatic carbocycles. The van der Waals surface area contributed by atoms with E-state index in [0.717, 1.165) is 39.1 Å². The van der Waals surface area contributed by atoms with Crippen molar-refractivity contribution in [2.24, 2.45) is 0 Å². The van der Waals surface area contributed by atoms with Crippen LogP contribution in [0.2, 0.25) is 0 Å². The molecule has 2 saturated heterocycles. The molecule has 30 heavy (non-hydrogen) atoms. The standard InChI is InChI=1S/C23H25N7/c1-30(17-10-15-2-3-16(11-17)27-15)22-7-6-21(28-29-22)20-5-4-18(14-12-25-26-13-14)19-8-9-24-23(19)20/h4-9,12-13,15-17,24,27H,2-3,10-11H2,1H3,(H,25,26)/t15-,16+,17?. The summed E-state index contributed by atoms with van der Waals surface area (Å²) in [5.41, 5.74) is 5.23. The maximum Gasteiger partial charge on any atom is 0.151 e. The molecular formula is C23H25N7. The summed E-state index contributed by atoms with van der Waals surface area (Å²) in [5, 5.41) is 21.0. The number of piperidine rings is 1. The molecule has 4 aromatic rings. The van der Waals surface area contributed by atoms with E-state index in [1.54, 1.807) is 0 Å². The summed E-state index contributed by atoms with van der Waals surface area (Å²) in [7, 11) is 2.15. The van der Waals surface area contributed by atoms with Crippen LogP contribution in [0.3, 0.4) is 0 Å². The predicted octanol–water partition coefficient (Wildman–Crippen LogP) is 3.73. The van der Waals surface area contributed by atoms with E-state index in [9.17, 15) is 0 Å². The molecule has 3 atom stereocenters. The van der Waals surface area contributed by atoms with Crippen LogP contribution in [0.5, 0.6) is 0 Å². The largest absolute Gasteiger partial charge is 0.361 e. The molecule has 152 valence electrons. The zero-order valence-corrected chi connectivity index (χ0v) is 17.0. The highest BCUT2D eigenvalue weighted by molar-refractivity contribution is 6.02. The van der Waals surface area contributed by atoms with Crippen molar-refractivity contribution in [1.82, 2.24) is 30.7 Å². The van der Waals surface area contributed by atoms with Crippen LogP contribution < -0.4 is 10.2 Å². The normalized spacial score (nSPS) is 23.2. The molecule has 2 aliphatic heterocycles. The van der Waals surface area contributed by atoms with Crippen molar-refractivity contribution in [2.45, 2.75) is 43.8 Å². The van der Waals surface area contributed by atoms with Crippen molar-refractivity contribution < 1.29 is 0 Å². The quantitative estimate of drug-likeness (QED) is 0.487. The van der Waals surface area contributed by atoms with Gasteiger partial charge >= 0.3 is 0 Å². The third kappa shape index (κ3) is 2.89. The highest BCUT2D eigenvalue weighted by Gasteiger charge is 2.35. The van der Waals surface area contributed by atoms with Crippen LogP contribution in [0.25, 0.3) is 33.3 Å². The molecule has 6 rings (SSSR count). The van der Waals surface area contributed by atoms with Crippen LogP contribution in [0.15, 0.2) is 48.9 Å². The van der Waals surface area contributed by atoms with Crippen LogP contribution in [0.1, 0.15) is 25.7 Å². The minimum Gasteiger partial charge on any atom is -0.361 e. The topological polar surface area (TPSA) is 85.5 Å². The third-order valence-corrected chi connectivity index (χ3v) is 6.82. The number of nitrogens with one attached hydrogen (secondary N) is 3. The molecule has 7 heteroatoms. The predicted molar refractivity (Wildman–Crippen MR) is 118 cm³/mol. The van der Waals surface area contributed by atoms with E-state index in [0.29, 0.717) is 18.1 Å². The molecule has 0 radical (unpaired) electrons. The number of anilines is 1. The first-order valence-corrected chi connectivity index (χ1v) is 10.7. The molecule has 3 N–H and O–H groups in total. The lowest BCUT2D eigenvalue weighted by atomic mass is 9.98. The van der Waals surface area contributed by atoms with E-state index in [4.69, 9.17) is 0 Å². The van der Waals surface area contributed by atoms with E-state index in [1.165, 1.54) is 25.7 Å². The second-order valence-electron chi connectivity index (χ2n) is 8.56. The maximum absolute atomic E-state index is 4.59. The Hall–Kier alpha value is -3.19. The van der Waals surface area contributed by atoms with Crippen molar-refractivity contribution in [1.29, 1.82) is 0 Å². The Morgan fingerprint density at radius 2 is 1.80 bits per heavy atom. The van der Waals surface area contributed by atoms with E-state index in [2.05, 4.69) is 73.0 Å². The van der Waals surface area contributed by atoms with Gasteiger partial charge < -0.3 is 15.2 Å². The number of hydrogen-bond donors (Lipinski definition) is 3. The van der Waals surface area contributed by atoms with Gasteiger partial charge in [0.1, 0.15) is 0 Å². The smallest absolute Gasteiger partial charge is 0.151 e. The summed E-state index contributed by atoms with van der Waals surface area (Å²) >= 11 is 0. The summed E-state index contributed by atoms with van der Waals surface area (Å²) < 4.78 is 0. The summed E-state index contributed by atoms with van der Waals surface area (Å²) in [6, 6.07) is 12.4. The minimum atomic E-state index is 0.535. The Morgan fingerprint density at radius 1 is 0.967 bits per heavy atom. The fourth-order valence-corrected chi connectivity index (χ4v) is 5.21. The number of fused-ring (bicyclic) bond motifs is 3. The first-order valence-electron chi connectivity index (χ1n) is 10.7. The zero-order chi connectivity index (χ0) is 20.1. The second kappa shape index (κ2) is 6.95. The molecule has 2 bridgehead atoms.